The van der Waals surface area contributed by atoms with Crippen molar-refractivity contribution < 1.29 is 13.6 Å². The topological polar surface area (TPSA) is 79.4 Å². The van der Waals surface area contributed by atoms with Crippen LogP contribution in [0.3, 0.4) is 0 Å². The quantitative estimate of drug-likeness (QED) is 0.263. The summed E-state index contributed by atoms with van der Waals surface area (Å²) in [5.41, 5.74) is 2.98. The number of anilines is 2. The molecule has 0 bridgehead atoms. The molecule has 0 aliphatic rings. The van der Waals surface area contributed by atoms with Crippen LogP contribution in [0.25, 0.3) is 21.9 Å². The lowest BCUT2D eigenvalue weighted by Gasteiger charge is -2.15. The van der Waals surface area contributed by atoms with Crippen molar-refractivity contribution in [3.05, 3.63) is 96.4 Å². The number of benzene rings is 3. The zero-order valence-corrected chi connectivity index (χ0v) is 18.6. The molecule has 5 aromatic rings. The normalized spacial score (nSPS) is 11.9. The van der Waals surface area contributed by atoms with E-state index in [-0.39, 0.29) is 17.7 Å². The molecule has 0 spiro atoms. The molecule has 164 valence electrons. The summed E-state index contributed by atoms with van der Waals surface area (Å²) in [5.74, 6) is 0.774. The molecule has 0 aliphatic carbocycles. The Hall–Kier alpha value is -4.10. The van der Waals surface area contributed by atoms with E-state index in [0.29, 0.717) is 16.4 Å². The van der Waals surface area contributed by atoms with E-state index >= 15 is 0 Å². The van der Waals surface area contributed by atoms with E-state index in [1.807, 2.05) is 73.7 Å². The summed E-state index contributed by atoms with van der Waals surface area (Å²) >= 11 is 5.45. The molecule has 7 heteroatoms. The van der Waals surface area contributed by atoms with Gasteiger partial charge in [-0.05, 0) is 67.7 Å². The van der Waals surface area contributed by atoms with Gasteiger partial charge in [-0.15, -0.1) is 0 Å². The molecule has 6 nitrogen and oxygen atoms in total. The van der Waals surface area contributed by atoms with Crippen LogP contribution in [0, 0.1) is 0 Å². The molecule has 5 rings (SSSR count). The molecular weight excluding hydrogens is 434 g/mol. The van der Waals surface area contributed by atoms with E-state index in [4.69, 9.17) is 21.1 Å². The first-order valence-electron chi connectivity index (χ1n) is 10.5. The number of rotatable bonds is 5. The Morgan fingerprint density at radius 3 is 2.00 bits per heavy atom. The Labute approximate surface area is 195 Å². The van der Waals surface area contributed by atoms with Crippen molar-refractivity contribution in [1.82, 2.24) is 5.32 Å². The van der Waals surface area contributed by atoms with Crippen LogP contribution in [-0.2, 0) is 0 Å². The van der Waals surface area contributed by atoms with Crippen molar-refractivity contribution in [1.29, 1.82) is 0 Å². The highest BCUT2D eigenvalue weighted by Crippen LogP contribution is 2.24. The molecule has 3 aromatic carbocycles. The lowest BCUT2D eigenvalue weighted by atomic mass is 10.2. The molecule has 0 radical (unpaired) electrons. The van der Waals surface area contributed by atoms with Crippen LogP contribution in [0.2, 0.25) is 0 Å². The van der Waals surface area contributed by atoms with Crippen LogP contribution in [-0.4, -0.2) is 11.0 Å². The third-order valence-corrected chi connectivity index (χ3v) is 5.49. The number of thiocarbonyl (C=S) groups is 1. The zero-order valence-electron chi connectivity index (χ0n) is 17.8. The van der Waals surface area contributed by atoms with E-state index in [0.717, 1.165) is 27.8 Å². The maximum atomic E-state index is 12.5. The number of nitrogens with one attached hydrogen (secondary N) is 3. The zero-order chi connectivity index (χ0) is 22.8. The number of furan rings is 2. The van der Waals surface area contributed by atoms with Gasteiger partial charge in [-0.3, -0.25) is 4.79 Å². The molecule has 3 N–H and O–H groups in total. The number of amides is 1. The van der Waals surface area contributed by atoms with Gasteiger partial charge in [-0.2, -0.15) is 0 Å². The maximum absolute atomic E-state index is 12.5. The Balaban J connectivity index is 1.18. The fourth-order valence-corrected chi connectivity index (χ4v) is 3.87. The second kappa shape index (κ2) is 8.80. The van der Waals surface area contributed by atoms with Gasteiger partial charge in [-0.1, -0.05) is 36.4 Å². The third-order valence-electron chi connectivity index (χ3n) is 5.27. The molecule has 0 fully saturated rings. The predicted octanol–water partition coefficient (Wildman–Crippen LogP) is 6.48. The van der Waals surface area contributed by atoms with Gasteiger partial charge in [0, 0.05) is 22.1 Å². The number of fused-ring (bicyclic) bond motifs is 2. The minimum atomic E-state index is -0.302. The van der Waals surface area contributed by atoms with Gasteiger partial charge in [0.15, 0.2) is 10.9 Å². The van der Waals surface area contributed by atoms with Crippen molar-refractivity contribution >= 4 is 56.6 Å². The summed E-state index contributed by atoms with van der Waals surface area (Å²) in [6, 6.07) is 26.3. The minimum absolute atomic E-state index is 0.0974. The Morgan fingerprint density at radius 2 is 1.36 bits per heavy atom. The fourth-order valence-electron chi connectivity index (χ4n) is 3.57. The van der Waals surface area contributed by atoms with Gasteiger partial charge in [-0.25, -0.2) is 0 Å². The summed E-state index contributed by atoms with van der Waals surface area (Å²) in [5, 5.41) is 11.6. The maximum Gasteiger partial charge on any atom is 0.291 e. The van der Waals surface area contributed by atoms with Crippen LogP contribution in [0.5, 0.6) is 0 Å². The monoisotopic (exact) mass is 455 g/mol. The lowest BCUT2D eigenvalue weighted by Crippen LogP contribution is -2.30. The van der Waals surface area contributed by atoms with E-state index in [9.17, 15) is 4.79 Å². The third kappa shape index (κ3) is 4.58. The van der Waals surface area contributed by atoms with Crippen molar-refractivity contribution in [2.75, 3.05) is 10.6 Å². The summed E-state index contributed by atoms with van der Waals surface area (Å²) in [6.45, 7) is 1.99. The number of carbonyl (C=O) groups is 1. The summed E-state index contributed by atoms with van der Waals surface area (Å²) < 4.78 is 11.5. The fraction of sp³-hybridized carbons (Fsp3) is 0.0769. The minimum Gasteiger partial charge on any atom is -0.459 e. The lowest BCUT2D eigenvalue weighted by molar-refractivity contribution is 0.0998. The smallest absolute Gasteiger partial charge is 0.291 e. The Kier molecular flexibility index (Phi) is 5.54. The van der Waals surface area contributed by atoms with Crippen LogP contribution in [0.15, 0.2) is 93.8 Å². The van der Waals surface area contributed by atoms with Crippen LogP contribution in [0.4, 0.5) is 11.4 Å². The van der Waals surface area contributed by atoms with Crippen molar-refractivity contribution in [3.8, 4) is 0 Å². The summed E-state index contributed by atoms with van der Waals surface area (Å²) in [7, 11) is 0. The predicted molar refractivity (Wildman–Crippen MR) is 135 cm³/mol. The highest BCUT2D eigenvalue weighted by Gasteiger charge is 2.14. The van der Waals surface area contributed by atoms with Gasteiger partial charge in [0.2, 0.25) is 0 Å². The van der Waals surface area contributed by atoms with Crippen molar-refractivity contribution in [2.45, 2.75) is 13.0 Å². The van der Waals surface area contributed by atoms with E-state index in [1.165, 1.54) is 0 Å². The largest absolute Gasteiger partial charge is 0.459 e. The average Bonchev–Trinajstić information content (AvgIpc) is 3.45. The molecule has 0 saturated carbocycles. The summed E-state index contributed by atoms with van der Waals surface area (Å²) in [6.07, 6.45) is 0. The van der Waals surface area contributed by atoms with Crippen molar-refractivity contribution in [2.24, 2.45) is 0 Å². The van der Waals surface area contributed by atoms with Crippen LogP contribution in [0.1, 0.15) is 29.3 Å². The van der Waals surface area contributed by atoms with Crippen LogP contribution >= 0.6 is 12.2 Å². The Morgan fingerprint density at radius 1 is 0.788 bits per heavy atom. The SMILES string of the molecule is CC(NC(=S)Nc1ccc(NC(=O)c2cc3ccccc3o2)cc1)c1cc2ccccc2o1. The summed E-state index contributed by atoms with van der Waals surface area (Å²) in [4.78, 5) is 12.5. The first-order chi connectivity index (χ1) is 16.0. The Bertz CT molecular complexity index is 1390. The second-order valence-corrected chi connectivity index (χ2v) is 8.09. The first-order valence-corrected chi connectivity index (χ1v) is 10.9. The number of carbonyl (C=O) groups excluding carboxylic acids is 1. The van der Waals surface area contributed by atoms with Gasteiger partial charge >= 0.3 is 0 Å². The molecule has 2 aromatic heterocycles. The van der Waals surface area contributed by atoms with Crippen LogP contribution < -0.4 is 16.0 Å². The molecule has 0 aliphatic heterocycles. The number of hydrogen-bond donors (Lipinski definition) is 3. The van der Waals surface area contributed by atoms with Gasteiger partial charge in [0.25, 0.3) is 5.91 Å². The second-order valence-electron chi connectivity index (χ2n) is 7.69. The van der Waals surface area contributed by atoms with Gasteiger partial charge in [0.05, 0.1) is 6.04 Å². The molecule has 33 heavy (non-hydrogen) atoms. The highest BCUT2D eigenvalue weighted by atomic mass is 32.1. The van der Waals surface area contributed by atoms with Crippen molar-refractivity contribution in [3.63, 3.8) is 0 Å². The van der Waals surface area contributed by atoms with E-state index in [1.54, 1.807) is 18.2 Å². The average molecular weight is 456 g/mol. The van der Waals surface area contributed by atoms with Gasteiger partial charge in [0.1, 0.15) is 16.9 Å². The van der Waals surface area contributed by atoms with E-state index < -0.39 is 0 Å². The highest BCUT2D eigenvalue weighted by molar-refractivity contribution is 7.80. The first kappa shape index (κ1) is 20.8. The van der Waals surface area contributed by atoms with Gasteiger partial charge < -0.3 is 24.8 Å². The van der Waals surface area contributed by atoms with E-state index in [2.05, 4.69) is 16.0 Å². The molecule has 1 unspecified atom stereocenters. The standard InChI is InChI=1S/C26H21N3O3S/c1-16(23-14-17-6-2-4-8-21(17)31-23)27-26(33)29-20-12-10-19(11-13-20)28-25(30)24-15-18-7-3-5-9-22(18)32-24/h2-16H,1H3,(H,28,30)(H2,27,29,33). The molecule has 1 amide bonds. The molecule has 2 heterocycles. The number of hydrogen-bond acceptors (Lipinski definition) is 4. The molecule has 0 saturated heterocycles. The molecular formula is C26H21N3O3S. The number of para-hydroxylation sites is 2. The molecule has 1 atom stereocenters.